The average molecular weight is 421 g/mol. The van der Waals surface area contributed by atoms with Crippen LogP contribution in [0.2, 0.25) is 0 Å². The zero-order chi connectivity index (χ0) is 20.5. The number of thioether (sulfide) groups is 1. The Morgan fingerprint density at radius 1 is 1.17 bits per heavy atom. The number of nitrogens with one attached hydrogen (secondary N) is 1. The van der Waals surface area contributed by atoms with E-state index >= 15 is 0 Å². The molecule has 1 heterocycles. The highest BCUT2D eigenvalue weighted by molar-refractivity contribution is 7.98. The second-order valence-corrected chi connectivity index (χ2v) is 9.06. The second-order valence-electron chi connectivity index (χ2n) is 8.19. The highest BCUT2D eigenvalue weighted by atomic mass is 32.2. The first kappa shape index (κ1) is 22.6. The fraction of sp³-hybridized carbons (Fsp3) is 0.696. The summed E-state index contributed by atoms with van der Waals surface area (Å²) in [5, 5.41) is 3.61. The predicted molar refractivity (Wildman–Crippen MR) is 119 cm³/mol. The topological polar surface area (TPSA) is 50.8 Å². The number of nitrogens with zero attached hydrogens (tertiary/aromatic N) is 1. The lowest BCUT2D eigenvalue weighted by atomic mass is 9.83. The summed E-state index contributed by atoms with van der Waals surface area (Å²) in [6.07, 6.45) is 9.08. The third-order valence-corrected chi connectivity index (χ3v) is 6.76. The van der Waals surface area contributed by atoms with E-state index in [0.717, 1.165) is 38.1 Å². The van der Waals surface area contributed by atoms with E-state index in [0.29, 0.717) is 18.6 Å². The van der Waals surface area contributed by atoms with Crippen molar-refractivity contribution < 1.29 is 14.3 Å². The Balaban J connectivity index is 1.54. The molecule has 2 fully saturated rings. The van der Waals surface area contributed by atoms with Crippen molar-refractivity contribution in [2.24, 2.45) is 0 Å². The molecule has 5 nitrogen and oxygen atoms in total. The molecule has 0 bridgehead atoms. The molecule has 162 valence electrons. The molecule has 1 saturated carbocycles. The van der Waals surface area contributed by atoms with Crippen molar-refractivity contribution in [3.63, 3.8) is 0 Å². The van der Waals surface area contributed by atoms with Gasteiger partial charge in [-0.2, -0.15) is 0 Å². The van der Waals surface area contributed by atoms with Gasteiger partial charge >= 0.3 is 0 Å². The number of rotatable bonds is 9. The van der Waals surface area contributed by atoms with E-state index in [-0.39, 0.29) is 24.6 Å². The third kappa shape index (κ3) is 6.45. The van der Waals surface area contributed by atoms with Gasteiger partial charge in [0.15, 0.2) is 0 Å². The summed E-state index contributed by atoms with van der Waals surface area (Å²) >= 11 is 1.78. The first-order valence-corrected chi connectivity index (χ1v) is 12.3. The molecule has 0 radical (unpaired) electrons. The number of hydrogen-bond acceptors (Lipinski definition) is 5. The monoisotopic (exact) mass is 420 g/mol. The lowest BCUT2D eigenvalue weighted by Crippen LogP contribution is -2.58. The van der Waals surface area contributed by atoms with E-state index in [1.54, 1.807) is 18.9 Å². The first-order valence-electron chi connectivity index (χ1n) is 10.9. The molecule has 0 aromatic heterocycles. The fourth-order valence-electron chi connectivity index (χ4n) is 4.73. The minimum absolute atomic E-state index is 0.0736. The van der Waals surface area contributed by atoms with Crippen LogP contribution in [-0.4, -0.2) is 68.0 Å². The zero-order valence-electron chi connectivity index (χ0n) is 17.8. The van der Waals surface area contributed by atoms with Crippen molar-refractivity contribution in [2.75, 3.05) is 39.0 Å². The van der Waals surface area contributed by atoms with E-state index in [1.807, 2.05) is 4.90 Å². The van der Waals surface area contributed by atoms with Gasteiger partial charge in [-0.05, 0) is 56.3 Å². The summed E-state index contributed by atoms with van der Waals surface area (Å²) in [6, 6.07) is 11.2. The van der Waals surface area contributed by atoms with Gasteiger partial charge in [0.1, 0.15) is 6.61 Å². The van der Waals surface area contributed by atoms with Gasteiger partial charge in [-0.3, -0.25) is 4.79 Å². The number of benzene rings is 1. The van der Waals surface area contributed by atoms with Gasteiger partial charge in [0.25, 0.3) is 0 Å². The predicted octanol–water partition coefficient (Wildman–Crippen LogP) is 3.65. The lowest BCUT2D eigenvalue weighted by molar-refractivity contribution is -0.142. The van der Waals surface area contributed by atoms with Crippen molar-refractivity contribution in [1.82, 2.24) is 10.2 Å². The molecule has 6 heteroatoms. The van der Waals surface area contributed by atoms with E-state index in [4.69, 9.17) is 9.47 Å². The quantitative estimate of drug-likeness (QED) is 0.618. The van der Waals surface area contributed by atoms with Gasteiger partial charge in [0, 0.05) is 25.6 Å². The summed E-state index contributed by atoms with van der Waals surface area (Å²) in [6.45, 7) is 1.56. The highest BCUT2D eigenvalue weighted by Crippen LogP contribution is 2.34. The fourth-order valence-corrected chi connectivity index (χ4v) is 5.11. The Morgan fingerprint density at radius 3 is 2.62 bits per heavy atom. The summed E-state index contributed by atoms with van der Waals surface area (Å²) in [4.78, 5) is 14.6. The molecule has 0 spiro atoms. The Bertz CT molecular complexity index is 607. The van der Waals surface area contributed by atoms with Crippen molar-refractivity contribution in [1.29, 1.82) is 0 Å². The van der Waals surface area contributed by atoms with E-state index in [1.165, 1.54) is 18.4 Å². The van der Waals surface area contributed by atoms with Gasteiger partial charge in [0.05, 0.1) is 18.8 Å². The number of methoxy groups -OCH3 is 1. The number of amides is 1. The zero-order valence-corrected chi connectivity index (χ0v) is 18.7. The van der Waals surface area contributed by atoms with Crippen molar-refractivity contribution in [3.8, 4) is 0 Å². The molecule has 1 aliphatic heterocycles. The van der Waals surface area contributed by atoms with Crippen LogP contribution >= 0.6 is 11.8 Å². The lowest BCUT2D eigenvalue weighted by Gasteiger charge is -2.42. The Morgan fingerprint density at radius 2 is 1.93 bits per heavy atom. The molecule has 1 amide bonds. The molecular formula is C23H36N2O3S. The first-order chi connectivity index (χ1) is 14.2. The van der Waals surface area contributed by atoms with Gasteiger partial charge in [-0.1, -0.05) is 30.3 Å². The molecule has 0 unspecified atom stereocenters. The molecule has 1 aromatic carbocycles. The number of carbonyl (C=O) groups is 1. The third-order valence-electron chi connectivity index (χ3n) is 6.30. The molecular weight excluding hydrogens is 384 g/mol. The summed E-state index contributed by atoms with van der Waals surface area (Å²) < 4.78 is 11.5. The minimum Gasteiger partial charge on any atom is -0.376 e. The number of likely N-dealkylation sites (tertiary alicyclic amines) is 1. The number of hydrogen-bond donors (Lipinski definition) is 1. The molecule has 1 aromatic rings. The normalized spacial score (nSPS) is 27.7. The maximum absolute atomic E-state index is 12.6. The van der Waals surface area contributed by atoms with Crippen LogP contribution in [0.4, 0.5) is 0 Å². The van der Waals surface area contributed by atoms with Crippen molar-refractivity contribution in [3.05, 3.63) is 35.9 Å². The number of carbonyl (C=O) groups excluding carboxylic acids is 1. The van der Waals surface area contributed by atoms with E-state index in [2.05, 4.69) is 41.9 Å². The maximum atomic E-state index is 12.6. The highest BCUT2D eigenvalue weighted by Gasteiger charge is 2.35. The van der Waals surface area contributed by atoms with Crippen LogP contribution < -0.4 is 5.32 Å². The molecule has 29 heavy (non-hydrogen) atoms. The van der Waals surface area contributed by atoms with Crippen LogP contribution in [0.25, 0.3) is 0 Å². The number of piperidine rings is 1. The molecule has 2 aliphatic rings. The summed E-state index contributed by atoms with van der Waals surface area (Å²) in [5.74, 6) is 1.63. The maximum Gasteiger partial charge on any atom is 0.248 e. The van der Waals surface area contributed by atoms with Crippen LogP contribution in [0.1, 0.15) is 50.0 Å². The van der Waals surface area contributed by atoms with Crippen molar-refractivity contribution >= 4 is 17.7 Å². The van der Waals surface area contributed by atoms with Crippen LogP contribution in [0.15, 0.2) is 30.3 Å². The Hall–Kier alpha value is -1.08. The smallest absolute Gasteiger partial charge is 0.248 e. The van der Waals surface area contributed by atoms with Crippen LogP contribution in [0, 0.1) is 0 Å². The molecule has 3 rings (SSSR count). The van der Waals surface area contributed by atoms with Gasteiger partial charge in [-0.15, -0.1) is 11.8 Å². The average Bonchev–Trinajstić information content (AvgIpc) is 2.77. The van der Waals surface area contributed by atoms with Crippen LogP contribution in [0.5, 0.6) is 0 Å². The van der Waals surface area contributed by atoms with Gasteiger partial charge in [0.2, 0.25) is 5.91 Å². The van der Waals surface area contributed by atoms with E-state index in [9.17, 15) is 4.79 Å². The summed E-state index contributed by atoms with van der Waals surface area (Å²) in [5.41, 5.74) is 1.45. The van der Waals surface area contributed by atoms with Gasteiger partial charge in [-0.25, -0.2) is 0 Å². The number of ether oxygens (including phenoxy) is 2. The van der Waals surface area contributed by atoms with Gasteiger partial charge < -0.3 is 19.7 Å². The van der Waals surface area contributed by atoms with Crippen LogP contribution in [-0.2, 0) is 14.3 Å². The second kappa shape index (κ2) is 11.9. The van der Waals surface area contributed by atoms with Crippen molar-refractivity contribution in [2.45, 2.75) is 62.6 Å². The van der Waals surface area contributed by atoms with E-state index < -0.39 is 0 Å². The van der Waals surface area contributed by atoms with Crippen LogP contribution in [0.3, 0.4) is 0 Å². The largest absolute Gasteiger partial charge is 0.376 e. The Labute approximate surface area is 179 Å². The SMILES string of the molecule is COCC(=O)N1CCC[C@H](NCSC)[C@@H]1CO[C@H]1CC[C@@H](c2ccccc2)CC1. The molecule has 2 atom stereocenters. The summed E-state index contributed by atoms with van der Waals surface area (Å²) in [7, 11) is 1.59. The standard InChI is InChI=1S/C23H36N2O3S/c1-27-16-23(26)25-14-6-9-21(24-17-29-2)22(25)15-28-20-12-10-19(11-13-20)18-7-4-3-5-8-18/h3-5,7-8,19-22,24H,6,9-17H2,1-2H3/t19-,20+,21-,22-/m0/s1. The molecule has 1 N–H and O–H groups in total. The minimum atomic E-state index is 0.0736. The molecule has 1 saturated heterocycles. The molecule has 1 aliphatic carbocycles. The Kier molecular flexibility index (Phi) is 9.31.